The van der Waals surface area contributed by atoms with E-state index in [-0.39, 0.29) is 5.78 Å². The van der Waals surface area contributed by atoms with Crippen LogP contribution in [-0.2, 0) is 24.3 Å². The number of carbonyl (C=O) groups is 1. The summed E-state index contributed by atoms with van der Waals surface area (Å²) in [5.41, 5.74) is 0. The summed E-state index contributed by atoms with van der Waals surface area (Å²) in [4.78, 5) is 29.1. The number of Topliss-reactive ketones (excluding diaryl/α,β-unsaturated/α-hetero) is 1. The molecule has 19 heavy (non-hydrogen) atoms. The van der Waals surface area contributed by atoms with Gasteiger partial charge in [0.25, 0.3) is 0 Å². The molecule has 2 unspecified atom stereocenters. The second kappa shape index (κ2) is 8.57. The number of rotatable bonds is 11. The molecule has 114 valence electrons. The molecule has 7 nitrogen and oxygen atoms in total. The molecule has 0 aromatic carbocycles. The highest BCUT2D eigenvalue weighted by Crippen LogP contribution is 2.25. The van der Waals surface area contributed by atoms with Gasteiger partial charge in [-0.3, -0.25) is 0 Å². The highest BCUT2D eigenvalue weighted by atomic mass is 17.3. The zero-order valence-corrected chi connectivity index (χ0v) is 12.0. The van der Waals surface area contributed by atoms with E-state index in [1.807, 2.05) is 0 Å². The van der Waals surface area contributed by atoms with Crippen molar-refractivity contribution in [2.75, 3.05) is 0 Å². The van der Waals surface area contributed by atoms with Crippen LogP contribution in [0.3, 0.4) is 0 Å². The summed E-state index contributed by atoms with van der Waals surface area (Å²) < 4.78 is 0. The average molecular weight is 280 g/mol. The van der Waals surface area contributed by atoms with Crippen LogP contribution in [-0.4, -0.2) is 27.9 Å². The van der Waals surface area contributed by atoms with Crippen molar-refractivity contribution in [2.45, 2.75) is 71.4 Å². The zero-order chi connectivity index (χ0) is 14.9. The normalized spacial score (nSPS) is 17.8. The molecule has 0 saturated heterocycles. The van der Waals surface area contributed by atoms with Crippen LogP contribution in [0.25, 0.3) is 0 Å². The first kappa shape index (κ1) is 18.4. The molecule has 0 aliphatic heterocycles. The number of hydrogen-bond donors (Lipinski definition) is 2. The molecule has 0 bridgehead atoms. The summed E-state index contributed by atoms with van der Waals surface area (Å²) in [5, 5.41) is 17.5. The first-order chi connectivity index (χ1) is 8.81. The van der Waals surface area contributed by atoms with Crippen LogP contribution in [0.15, 0.2) is 0 Å². The van der Waals surface area contributed by atoms with Gasteiger partial charge in [-0.15, -0.1) is 0 Å². The van der Waals surface area contributed by atoms with Gasteiger partial charge in [0, 0.05) is 19.3 Å². The lowest BCUT2D eigenvalue weighted by Gasteiger charge is -2.30. The Morgan fingerprint density at radius 1 is 1.05 bits per heavy atom. The standard InChI is InChI=1S/C12H24O7/c1-5-11(3,16-14)18-19-12(4,17-15)9-7-6-8-10(2)13/h14-15H,5-9H2,1-4H3. The van der Waals surface area contributed by atoms with Crippen molar-refractivity contribution < 1.29 is 34.9 Å². The summed E-state index contributed by atoms with van der Waals surface area (Å²) in [7, 11) is 0. The lowest BCUT2D eigenvalue weighted by atomic mass is 10.1. The van der Waals surface area contributed by atoms with Gasteiger partial charge >= 0.3 is 0 Å². The molecule has 0 fully saturated rings. The van der Waals surface area contributed by atoms with E-state index in [0.717, 1.165) is 0 Å². The molecular formula is C12H24O7. The van der Waals surface area contributed by atoms with Gasteiger partial charge < -0.3 is 4.79 Å². The third kappa shape index (κ3) is 7.56. The Kier molecular flexibility index (Phi) is 8.31. The molecule has 0 aromatic heterocycles. The molecule has 0 rings (SSSR count). The second-order valence-corrected chi connectivity index (χ2v) is 4.88. The van der Waals surface area contributed by atoms with E-state index < -0.39 is 11.6 Å². The Balaban J connectivity index is 4.18. The predicted octanol–water partition coefficient (Wildman–Crippen LogP) is 2.91. The van der Waals surface area contributed by atoms with E-state index in [9.17, 15) is 4.79 Å². The maximum atomic E-state index is 10.8. The second-order valence-electron chi connectivity index (χ2n) is 4.88. The average Bonchev–Trinajstić information content (AvgIpc) is 2.41. The molecule has 7 heteroatoms. The number of hydrogen-bond acceptors (Lipinski definition) is 7. The van der Waals surface area contributed by atoms with Gasteiger partial charge in [-0.25, -0.2) is 20.3 Å². The molecule has 0 aromatic rings. The number of carbonyl (C=O) groups excluding carboxylic acids is 1. The van der Waals surface area contributed by atoms with Crippen LogP contribution in [0.5, 0.6) is 0 Å². The van der Waals surface area contributed by atoms with Crippen molar-refractivity contribution in [1.82, 2.24) is 0 Å². The van der Waals surface area contributed by atoms with Crippen LogP contribution in [0, 0.1) is 0 Å². The summed E-state index contributed by atoms with van der Waals surface area (Å²) in [5.74, 6) is -2.61. The van der Waals surface area contributed by atoms with Crippen LogP contribution >= 0.6 is 0 Å². The Morgan fingerprint density at radius 3 is 2.00 bits per heavy atom. The molecule has 0 heterocycles. The highest BCUT2D eigenvalue weighted by Gasteiger charge is 2.34. The quantitative estimate of drug-likeness (QED) is 0.260. The van der Waals surface area contributed by atoms with Crippen LogP contribution < -0.4 is 0 Å². The van der Waals surface area contributed by atoms with Crippen LogP contribution in [0.2, 0.25) is 0 Å². The maximum Gasteiger partial charge on any atom is 0.231 e. The summed E-state index contributed by atoms with van der Waals surface area (Å²) in [6, 6.07) is 0. The van der Waals surface area contributed by atoms with Gasteiger partial charge in [0.1, 0.15) is 5.78 Å². The van der Waals surface area contributed by atoms with Crippen LogP contribution in [0.1, 0.15) is 59.8 Å². The monoisotopic (exact) mass is 280 g/mol. The van der Waals surface area contributed by atoms with Crippen molar-refractivity contribution in [3.05, 3.63) is 0 Å². The fourth-order valence-electron chi connectivity index (χ4n) is 1.24. The Hall–Kier alpha value is -0.570. The van der Waals surface area contributed by atoms with Crippen molar-refractivity contribution in [3.63, 3.8) is 0 Å². The molecule has 0 spiro atoms. The molecule has 0 amide bonds. The molecule has 0 saturated carbocycles. The lowest BCUT2D eigenvalue weighted by Crippen LogP contribution is -2.38. The summed E-state index contributed by atoms with van der Waals surface area (Å²) in [6.45, 7) is 6.20. The Morgan fingerprint density at radius 2 is 1.58 bits per heavy atom. The number of ketones is 1. The van der Waals surface area contributed by atoms with Gasteiger partial charge in [-0.05, 0) is 33.6 Å². The predicted molar refractivity (Wildman–Crippen MR) is 65.8 cm³/mol. The Bertz CT molecular complexity index is 265. The van der Waals surface area contributed by atoms with Crippen LogP contribution in [0.4, 0.5) is 0 Å². The molecule has 0 aliphatic carbocycles. The molecule has 0 aliphatic rings. The van der Waals surface area contributed by atoms with E-state index >= 15 is 0 Å². The minimum Gasteiger partial charge on any atom is -0.300 e. The highest BCUT2D eigenvalue weighted by molar-refractivity contribution is 5.75. The van der Waals surface area contributed by atoms with Gasteiger partial charge in [0.05, 0.1) is 0 Å². The maximum absolute atomic E-state index is 10.8. The minimum atomic E-state index is -1.38. The third-order valence-corrected chi connectivity index (χ3v) is 2.83. The fourth-order valence-corrected chi connectivity index (χ4v) is 1.24. The van der Waals surface area contributed by atoms with Crippen molar-refractivity contribution in [1.29, 1.82) is 0 Å². The van der Waals surface area contributed by atoms with Crippen molar-refractivity contribution in [2.24, 2.45) is 0 Å². The molecule has 2 atom stereocenters. The number of unbranched alkanes of at least 4 members (excludes halogenated alkanes) is 1. The Labute approximate surface area is 113 Å². The molecular weight excluding hydrogens is 256 g/mol. The topological polar surface area (TPSA) is 94.5 Å². The fraction of sp³-hybridized carbons (Fsp3) is 0.917. The van der Waals surface area contributed by atoms with Gasteiger partial charge in [-0.2, -0.15) is 9.78 Å². The lowest BCUT2D eigenvalue weighted by molar-refractivity contribution is -0.566. The van der Waals surface area contributed by atoms with Gasteiger partial charge in [-0.1, -0.05) is 6.92 Å². The van der Waals surface area contributed by atoms with E-state index in [0.29, 0.717) is 32.1 Å². The van der Waals surface area contributed by atoms with Crippen molar-refractivity contribution in [3.8, 4) is 0 Å². The van der Waals surface area contributed by atoms with E-state index in [1.54, 1.807) is 6.92 Å². The smallest absolute Gasteiger partial charge is 0.231 e. The molecule has 2 N–H and O–H groups in total. The van der Waals surface area contributed by atoms with Crippen molar-refractivity contribution >= 4 is 5.78 Å². The summed E-state index contributed by atoms with van der Waals surface area (Å²) >= 11 is 0. The van der Waals surface area contributed by atoms with Gasteiger partial charge in [0.15, 0.2) is 0 Å². The third-order valence-electron chi connectivity index (χ3n) is 2.83. The van der Waals surface area contributed by atoms with E-state index in [1.165, 1.54) is 20.8 Å². The first-order valence-electron chi connectivity index (χ1n) is 6.32. The van der Waals surface area contributed by atoms with E-state index in [2.05, 4.69) is 9.78 Å². The summed E-state index contributed by atoms with van der Waals surface area (Å²) in [6.07, 6.45) is 2.40. The zero-order valence-electron chi connectivity index (χ0n) is 12.0. The largest absolute Gasteiger partial charge is 0.300 e. The van der Waals surface area contributed by atoms with E-state index in [4.69, 9.17) is 20.3 Å². The minimum absolute atomic E-state index is 0.107. The SMILES string of the molecule is CCC(C)(OO)OOC(C)(CCCCC(C)=O)OO. The van der Waals surface area contributed by atoms with Gasteiger partial charge in [0.2, 0.25) is 11.6 Å². The molecule has 0 radical (unpaired) electrons. The first-order valence-corrected chi connectivity index (χ1v) is 6.32.